The number of nitrogens with one attached hydrogen (secondary N) is 1. The summed E-state index contributed by atoms with van der Waals surface area (Å²) in [5, 5.41) is 3.28. The summed E-state index contributed by atoms with van der Waals surface area (Å²) in [5.74, 6) is -0.527. The summed E-state index contributed by atoms with van der Waals surface area (Å²) in [6.45, 7) is -1.26. The van der Waals surface area contributed by atoms with Gasteiger partial charge in [-0.25, -0.2) is 9.78 Å². The molecule has 0 spiro atoms. The highest BCUT2D eigenvalue weighted by Crippen LogP contribution is 2.27. The molecular formula is C16H16F3N3O3S. The predicted molar refractivity (Wildman–Crippen MR) is 89.9 cm³/mol. The van der Waals surface area contributed by atoms with Crippen LogP contribution in [-0.2, 0) is 9.53 Å². The number of carbonyl (C=O) groups excluding carboxylic acids is 2. The Hall–Kier alpha value is -2.36. The SMILES string of the molecule is O=C(Nc1nc2ccccc2s1)C1CCN(C(=O)OCC(F)(F)F)CC1. The molecule has 1 aromatic carbocycles. The monoisotopic (exact) mass is 387 g/mol. The van der Waals surface area contributed by atoms with Crippen molar-refractivity contribution in [3.05, 3.63) is 24.3 Å². The standard InChI is InChI=1S/C16H16F3N3O3S/c17-16(18,19)9-25-15(24)22-7-5-10(6-8-22)13(23)21-14-20-11-3-1-2-4-12(11)26-14/h1-4,10H,5-9H2,(H,20,21,23). The van der Waals surface area contributed by atoms with Crippen LogP contribution in [0.15, 0.2) is 24.3 Å². The predicted octanol–water partition coefficient (Wildman–Crippen LogP) is 3.65. The highest BCUT2D eigenvalue weighted by atomic mass is 32.1. The summed E-state index contributed by atoms with van der Waals surface area (Å²) in [5.41, 5.74) is 0.801. The number of anilines is 1. The molecule has 3 rings (SSSR count). The quantitative estimate of drug-likeness (QED) is 0.873. The number of halogens is 3. The van der Waals surface area contributed by atoms with Crippen molar-refractivity contribution in [2.24, 2.45) is 5.92 Å². The lowest BCUT2D eigenvalue weighted by Gasteiger charge is -2.30. The molecular weight excluding hydrogens is 371 g/mol. The fourth-order valence-electron chi connectivity index (χ4n) is 2.69. The third kappa shape index (κ3) is 4.63. The van der Waals surface area contributed by atoms with Gasteiger partial charge in [-0.2, -0.15) is 13.2 Å². The number of piperidine rings is 1. The number of para-hydroxylation sites is 1. The molecule has 0 aliphatic carbocycles. The molecule has 2 amide bonds. The molecule has 26 heavy (non-hydrogen) atoms. The van der Waals surface area contributed by atoms with Gasteiger partial charge in [0.15, 0.2) is 11.7 Å². The van der Waals surface area contributed by atoms with E-state index in [0.717, 1.165) is 10.2 Å². The number of thiazole rings is 1. The Morgan fingerprint density at radius 1 is 1.27 bits per heavy atom. The maximum absolute atomic E-state index is 12.4. The molecule has 0 saturated carbocycles. The Balaban J connectivity index is 1.49. The van der Waals surface area contributed by atoms with Gasteiger partial charge >= 0.3 is 12.3 Å². The zero-order valence-corrected chi connectivity index (χ0v) is 14.4. The van der Waals surface area contributed by atoms with E-state index in [-0.39, 0.29) is 24.9 Å². The molecule has 6 nitrogen and oxygen atoms in total. The Morgan fingerprint density at radius 2 is 1.96 bits per heavy atom. The number of benzene rings is 1. The molecule has 140 valence electrons. The van der Waals surface area contributed by atoms with Crippen LogP contribution in [0.25, 0.3) is 10.2 Å². The molecule has 0 atom stereocenters. The van der Waals surface area contributed by atoms with Crippen LogP contribution in [0, 0.1) is 5.92 Å². The molecule has 0 radical (unpaired) electrons. The first kappa shape index (κ1) is 18.4. The number of fused-ring (bicyclic) bond motifs is 1. The van der Waals surface area contributed by atoms with Gasteiger partial charge in [-0.1, -0.05) is 23.5 Å². The number of ether oxygens (including phenoxy) is 1. The fourth-order valence-corrected chi connectivity index (χ4v) is 3.56. The lowest BCUT2D eigenvalue weighted by Crippen LogP contribution is -2.42. The minimum atomic E-state index is -4.55. The van der Waals surface area contributed by atoms with Crippen molar-refractivity contribution in [1.82, 2.24) is 9.88 Å². The molecule has 1 aliphatic rings. The zero-order chi connectivity index (χ0) is 18.7. The minimum Gasteiger partial charge on any atom is -0.440 e. The summed E-state index contributed by atoms with van der Waals surface area (Å²) in [4.78, 5) is 29.5. The van der Waals surface area contributed by atoms with Gasteiger partial charge in [0.2, 0.25) is 5.91 Å². The summed E-state index contributed by atoms with van der Waals surface area (Å²) >= 11 is 1.37. The summed E-state index contributed by atoms with van der Waals surface area (Å²) < 4.78 is 41.4. The largest absolute Gasteiger partial charge is 0.440 e. The van der Waals surface area contributed by atoms with E-state index in [1.807, 2.05) is 24.3 Å². The van der Waals surface area contributed by atoms with Crippen molar-refractivity contribution in [1.29, 1.82) is 0 Å². The normalized spacial score (nSPS) is 15.9. The highest BCUT2D eigenvalue weighted by Gasteiger charge is 2.33. The first-order chi connectivity index (χ1) is 12.3. The van der Waals surface area contributed by atoms with Crippen LogP contribution in [0.5, 0.6) is 0 Å². The van der Waals surface area contributed by atoms with Crippen molar-refractivity contribution in [3.8, 4) is 0 Å². The third-order valence-corrected chi connectivity index (χ3v) is 4.96. The molecule has 2 aromatic rings. The van der Waals surface area contributed by atoms with Crippen LogP contribution in [0.4, 0.5) is 23.1 Å². The first-order valence-corrected chi connectivity index (χ1v) is 8.78. The Kier molecular flexibility index (Phi) is 5.30. The van der Waals surface area contributed by atoms with Crippen molar-refractivity contribution in [2.45, 2.75) is 19.0 Å². The van der Waals surface area contributed by atoms with Gasteiger partial charge < -0.3 is 15.0 Å². The van der Waals surface area contributed by atoms with E-state index in [1.165, 1.54) is 16.2 Å². The summed E-state index contributed by atoms with van der Waals surface area (Å²) in [7, 11) is 0. The van der Waals surface area contributed by atoms with Gasteiger partial charge in [0, 0.05) is 19.0 Å². The van der Waals surface area contributed by atoms with E-state index < -0.39 is 18.9 Å². The smallest absolute Gasteiger partial charge is 0.422 e. The topological polar surface area (TPSA) is 71.5 Å². The van der Waals surface area contributed by atoms with Crippen LogP contribution in [0.2, 0.25) is 0 Å². The first-order valence-electron chi connectivity index (χ1n) is 7.97. The zero-order valence-electron chi connectivity index (χ0n) is 13.6. The second-order valence-electron chi connectivity index (χ2n) is 5.91. The second-order valence-corrected chi connectivity index (χ2v) is 6.94. The van der Waals surface area contributed by atoms with E-state index >= 15 is 0 Å². The maximum atomic E-state index is 12.4. The number of hydrogen-bond donors (Lipinski definition) is 1. The molecule has 0 bridgehead atoms. The van der Waals surface area contributed by atoms with E-state index in [4.69, 9.17) is 0 Å². The molecule has 1 N–H and O–H groups in total. The number of amides is 2. The van der Waals surface area contributed by atoms with Crippen LogP contribution in [-0.4, -0.2) is 47.8 Å². The van der Waals surface area contributed by atoms with Crippen LogP contribution in [0.1, 0.15) is 12.8 Å². The van der Waals surface area contributed by atoms with Crippen molar-refractivity contribution >= 4 is 38.7 Å². The number of likely N-dealkylation sites (tertiary alicyclic amines) is 1. The van der Waals surface area contributed by atoms with Gasteiger partial charge in [0.1, 0.15) is 0 Å². The van der Waals surface area contributed by atoms with E-state index in [1.54, 1.807) is 0 Å². The lowest BCUT2D eigenvalue weighted by atomic mass is 9.96. The highest BCUT2D eigenvalue weighted by molar-refractivity contribution is 7.22. The number of nitrogens with zero attached hydrogens (tertiary/aromatic N) is 2. The Bertz CT molecular complexity index is 768. The van der Waals surface area contributed by atoms with E-state index in [0.29, 0.717) is 18.0 Å². The van der Waals surface area contributed by atoms with Gasteiger partial charge in [-0.05, 0) is 25.0 Å². The number of aromatic nitrogens is 1. The Labute approximate surface area is 150 Å². The van der Waals surface area contributed by atoms with E-state index in [2.05, 4.69) is 15.0 Å². The van der Waals surface area contributed by atoms with E-state index in [9.17, 15) is 22.8 Å². The number of rotatable bonds is 3. The van der Waals surface area contributed by atoms with Crippen LogP contribution < -0.4 is 5.32 Å². The molecule has 2 heterocycles. The molecule has 1 saturated heterocycles. The molecule has 1 fully saturated rings. The van der Waals surface area contributed by atoms with Crippen LogP contribution in [0.3, 0.4) is 0 Å². The fraction of sp³-hybridized carbons (Fsp3) is 0.438. The molecule has 0 unspecified atom stereocenters. The Morgan fingerprint density at radius 3 is 2.62 bits per heavy atom. The molecule has 1 aliphatic heterocycles. The molecule has 1 aromatic heterocycles. The lowest BCUT2D eigenvalue weighted by molar-refractivity contribution is -0.162. The second kappa shape index (κ2) is 7.48. The summed E-state index contributed by atoms with van der Waals surface area (Å²) in [6.07, 6.45) is -4.84. The maximum Gasteiger partial charge on any atom is 0.422 e. The summed E-state index contributed by atoms with van der Waals surface area (Å²) in [6, 6.07) is 7.52. The van der Waals surface area contributed by atoms with Gasteiger partial charge in [0.05, 0.1) is 10.2 Å². The van der Waals surface area contributed by atoms with Crippen molar-refractivity contribution in [3.63, 3.8) is 0 Å². The average Bonchev–Trinajstić information content (AvgIpc) is 3.01. The average molecular weight is 387 g/mol. The minimum absolute atomic E-state index is 0.175. The van der Waals surface area contributed by atoms with Gasteiger partial charge in [0.25, 0.3) is 0 Å². The van der Waals surface area contributed by atoms with Crippen LogP contribution >= 0.6 is 11.3 Å². The van der Waals surface area contributed by atoms with Crippen molar-refractivity contribution in [2.75, 3.05) is 25.0 Å². The third-order valence-electron chi connectivity index (χ3n) is 4.01. The van der Waals surface area contributed by atoms with Crippen molar-refractivity contribution < 1.29 is 27.5 Å². The number of alkyl halides is 3. The van der Waals surface area contributed by atoms with Gasteiger partial charge in [-0.15, -0.1) is 0 Å². The number of hydrogen-bond acceptors (Lipinski definition) is 5. The van der Waals surface area contributed by atoms with Gasteiger partial charge in [-0.3, -0.25) is 4.79 Å². The number of carbonyl (C=O) groups is 2. The molecule has 10 heteroatoms.